The minimum absolute atomic E-state index is 0.00534. The van der Waals surface area contributed by atoms with Gasteiger partial charge in [-0.25, -0.2) is 0 Å². The third kappa shape index (κ3) is 2.67. The van der Waals surface area contributed by atoms with Gasteiger partial charge in [0.2, 0.25) is 0 Å². The number of hydrogen-bond donors (Lipinski definition) is 2. The number of benzene rings is 2. The van der Waals surface area contributed by atoms with Crippen molar-refractivity contribution in [2.24, 2.45) is 10.8 Å². The third-order valence-electron chi connectivity index (χ3n) is 8.63. The molecule has 0 aromatic heterocycles. The molecule has 6 rings (SSSR count). The van der Waals surface area contributed by atoms with Gasteiger partial charge in [0.25, 0.3) is 0 Å². The molecule has 2 aromatic carbocycles. The van der Waals surface area contributed by atoms with Crippen molar-refractivity contribution in [3.63, 3.8) is 0 Å². The van der Waals surface area contributed by atoms with Crippen LogP contribution in [-0.2, 0) is 10.8 Å². The molecule has 2 nitrogen and oxygen atoms in total. The summed E-state index contributed by atoms with van der Waals surface area (Å²) in [6.45, 7) is 8.91. The molecule has 4 aliphatic carbocycles. The van der Waals surface area contributed by atoms with E-state index in [1.54, 1.807) is 0 Å². The minimum atomic E-state index is -0.00534. The van der Waals surface area contributed by atoms with Gasteiger partial charge in [0.05, 0.1) is 0 Å². The van der Waals surface area contributed by atoms with Gasteiger partial charge in [0.1, 0.15) is 11.5 Å². The first-order valence-corrected chi connectivity index (χ1v) is 11.2. The first-order valence-electron chi connectivity index (χ1n) is 11.2. The standard InChI is InChI=1S/C27H34O2/c1-5-25-12-24(4)13-26(15-25,20-8-6-18(2)10-22(20)28)17-27(14-24,16-25)21-9-7-19(3)11-23(21)29/h6-11,28-29H,5,12-17H2,1-4H3. The van der Waals surface area contributed by atoms with Crippen molar-refractivity contribution in [3.05, 3.63) is 58.7 Å². The molecular formula is C27H34O2. The first-order chi connectivity index (χ1) is 13.6. The number of rotatable bonds is 3. The Balaban J connectivity index is 1.73. The van der Waals surface area contributed by atoms with Gasteiger partial charge in [0.15, 0.2) is 0 Å². The number of hydrogen-bond acceptors (Lipinski definition) is 2. The molecule has 2 atom stereocenters. The summed E-state index contributed by atoms with van der Waals surface area (Å²) in [6.07, 6.45) is 8.10. The lowest BCUT2D eigenvalue weighted by atomic mass is 9.33. The summed E-state index contributed by atoms with van der Waals surface area (Å²) in [5.74, 6) is 0.926. The average molecular weight is 391 g/mol. The van der Waals surface area contributed by atoms with Gasteiger partial charge in [-0.3, -0.25) is 0 Å². The van der Waals surface area contributed by atoms with E-state index < -0.39 is 0 Å². The van der Waals surface area contributed by atoms with E-state index in [2.05, 4.69) is 38.1 Å². The van der Waals surface area contributed by atoms with E-state index in [0.717, 1.165) is 54.4 Å². The van der Waals surface area contributed by atoms with E-state index in [4.69, 9.17) is 0 Å². The Morgan fingerprint density at radius 2 is 1.21 bits per heavy atom. The number of phenols is 2. The predicted octanol–water partition coefficient (Wildman–Crippen LogP) is 6.67. The minimum Gasteiger partial charge on any atom is -0.508 e. The van der Waals surface area contributed by atoms with Crippen LogP contribution in [0.4, 0.5) is 0 Å². The van der Waals surface area contributed by atoms with Crippen LogP contribution >= 0.6 is 0 Å². The highest BCUT2D eigenvalue weighted by atomic mass is 16.3. The fourth-order valence-corrected chi connectivity index (χ4v) is 8.50. The largest absolute Gasteiger partial charge is 0.508 e. The quantitative estimate of drug-likeness (QED) is 0.614. The molecule has 2 unspecified atom stereocenters. The maximum atomic E-state index is 11.0. The Bertz CT molecular complexity index is 921. The van der Waals surface area contributed by atoms with E-state index in [0.29, 0.717) is 11.5 Å². The fraction of sp³-hybridized carbons (Fsp3) is 0.556. The van der Waals surface area contributed by atoms with Gasteiger partial charge in [-0.05, 0) is 86.5 Å². The summed E-state index contributed by atoms with van der Waals surface area (Å²) in [5, 5.41) is 22.0. The van der Waals surface area contributed by atoms with Gasteiger partial charge in [-0.15, -0.1) is 0 Å². The molecule has 2 aromatic rings. The molecule has 4 saturated carbocycles. The normalized spacial score (nSPS) is 37.8. The second-order valence-corrected chi connectivity index (χ2v) is 11.3. The van der Waals surface area contributed by atoms with Gasteiger partial charge in [-0.1, -0.05) is 44.5 Å². The second-order valence-electron chi connectivity index (χ2n) is 11.3. The molecule has 0 heterocycles. The zero-order chi connectivity index (χ0) is 20.7. The van der Waals surface area contributed by atoms with Crippen molar-refractivity contribution >= 4 is 0 Å². The molecule has 0 amide bonds. The maximum absolute atomic E-state index is 11.0. The van der Waals surface area contributed by atoms with Crippen LogP contribution in [0.5, 0.6) is 11.5 Å². The lowest BCUT2D eigenvalue weighted by molar-refractivity contribution is -0.136. The monoisotopic (exact) mass is 390 g/mol. The topological polar surface area (TPSA) is 40.5 Å². The predicted molar refractivity (Wildman–Crippen MR) is 118 cm³/mol. The number of aryl methyl sites for hydroxylation is 2. The van der Waals surface area contributed by atoms with Gasteiger partial charge >= 0.3 is 0 Å². The van der Waals surface area contributed by atoms with Crippen molar-refractivity contribution in [2.45, 2.75) is 83.5 Å². The van der Waals surface area contributed by atoms with E-state index >= 15 is 0 Å². The summed E-state index contributed by atoms with van der Waals surface area (Å²) in [7, 11) is 0. The molecule has 0 spiro atoms. The van der Waals surface area contributed by atoms with Crippen LogP contribution in [0.15, 0.2) is 36.4 Å². The highest BCUT2D eigenvalue weighted by molar-refractivity contribution is 5.49. The second kappa shape index (κ2) is 5.80. The Morgan fingerprint density at radius 3 is 1.62 bits per heavy atom. The highest BCUT2D eigenvalue weighted by Gasteiger charge is 2.67. The van der Waals surface area contributed by atoms with Gasteiger partial charge < -0.3 is 10.2 Å². The highest BCUT2D eigenvalue weighted by Crippen LogP contribution is 2.75. The van der Waals surface area contributed by atoms with Crippen LogP contribution in [0, 0.1) is 24.7 Å². The molecular weight excluding hydrogens is 356 g/mol. The molecule has 2 heteroatoms. The molecule has 4 bridgehead atoms. The fourth-order valence-electron chi connectivity index (χ4n) is 8.50. The van der Waals surface area contributed by atoms with Crippen LogP contribution in [0.1, 0.15) is 81.0 Å². The zero-order valence-corrected chi connectivity index (χ0v) is 18.3. The van der Waals surface area contributed by atoms with Crippen LogP contribution < -0.4 is 0 Å². The van der Waals surface area contributed by atoms with Crippen LogP contribution in [0.2, 0.25) is 0 Å². The summed E-state index contributed by atoms with van der Waals surface area (Å²) >= 11 is 0. The van der Waals surface area contributed by atoms with Gasteiger partial charge in [0, 0.05) is 22.0 Å². The van der Waals surface area contributed by atoms with E-state index in [-0.39, 0.29) is 21.7 Å². The van der Waals surface area contributed by atoms with Gasteiger partial charge in [-0.2, -0.15) is 0 Å². The smallest absolute Gasteiger partial charge is 0.119 e. The van der Waals surface area contributed by atoms with Crippen LogP contribution in [-0.4, -0.2) is 10.2 Å². The van der Waals surface area contributed by atoms with Crippen LogP contribution in [0.25, 0.3) is 0 Å². The number of aromatic hydroxyl groups is 2. The molecule has 0 aliphatic heterocycles. The van der Waals surface area contributed by atoms with E-state index in [1.165, 1.54) is 12.8 Å². The summed E-state index contributed by atoms with van der Waals surface area (Å²) in [6, 6.07) is 12.6. The van der Waals surface area contributed by atoms with Crippen molar-refractivity contribution in [3.8, 4) is 11.5 Å². The zero-order valence-electron chi connectivity index (χ0n) is 18.3. The third-order valence-corrected chi connectivity index (χ3v) is 8.63. The SMILES string of the molecule is CCC12CC3(C)CC(c4ccc(C)cc4O)(C1)CC(c1ccc(C)cc1O)(C3)C2. The molecule has 154 valence electrons. The maximum Gasteiger partial charge on any atom is 0.119 e. The Labute approximate surface area is 175 Å². The summed E-state index contributed by atoms with van der Waals surface area (Å²) in [4.78, 5) is 0. The van der Waals surface area contributed by atoms with Crippen LogP contribution in [0.3, 0.4) is 0 Å². The lowest BCUT2D eigenvalue weighted by Gasteiger charge is -2.70. The average Bonchev–Trinajstić information content (AvgIpc) is 2.59. The molecule has 0 saturated heterocycles. The Kier molecular flexibility index (Phi) is 3.81. The lowest BCUT2D eigenvalue weighted by Crippen LogP contribution is -2.63. The van der Waals surface area contributed by atoms with Crippen molar-refractivity contribution < 1.29 is 10.2 Å². The van der Waals surface area contributed by atoms with E-state index in [1.807, 2.05) is 26.0 Å². The Morgan fingerprint density at radius 1 is 0.724 bits per heavy atom. The molecule has 0 radical (unpaired) electrons. The van der Waals surface area contributed by atoms with Crippen molar-refractivity contribution in [2.75, 3.05) is 0 Å². The summed E-state index contributed by atoms with van der Waals surface area (Å²) < 4.78 is 0. The molecule has 2 N–H and O–H groups in total. The van der Waals surface area contributed by atoms with E-state index in [9.17, 15) is 10.2 Å². The molecule has 4 fully saturated rings. The van der Waals surface area contributed by atoms with Crippen molar-refractivity contribution in [1.29, 1.82) is 0 Å². The Hall–Kier alpha value is -1.96. The first kappa shape index (κ1) is 19.0. The molecule has 29 heavy (non-hydrogen) atoms. The van der Waals surface area contributed by atoms with Crippen molar-refractivity contribution in [1.82, 2.24) is 0 Å². The summed E-state index contributed by atoms with van der Waals surface area (Å²) in [5.41, 5.74) is 5.03. The molecule has 4 aliphatic rings. The number of phenolic OH excluding ortho intramolecular Hbond substituents is 2.